The lowest BCUT2D eigenvalue weighted by atomic mass is 10.2. The smallest absolute Gasteiger partial charge is 0.331 e. The highest BCUT2D eigenvalue weighted by molar-refractivity contribution is 7.98. The fourth-order valence-electron chi connectivity index (χ4n) is 2.13. The number of hydrogen-bond acceptors (Lipinski definition) is 5. The largest absolute Gasteiger partial charge is 0.458 e. The Morgan fingerprint density at radius 2 is 2.25 bits per heavy atom. The van der Waals surface area contributed by atoms with Crippen LogP contribution in [-0.4, -0.2) is 17.2 Å². The van der Waals surface area contributed by atoms with E-state index in [9.17, 15) is 4.79 Å². The molecule has 0 aliphatic carbocycles. The molecule has 0 radical (unpaired) electrons. The first-order valence-electron chi connectivity index (χ1n) is 7.16. The van der Waals surface area contributed by atoms with E-state index in [4.69, 9.17) is 16.3 Å². The summed E-state index contributed by atoms with van der Waals surface area (Å²) in [7, 11) is 0. The molecular weight excluding hydrogens is 362 g/mol. The zero-order valence-electron chi connectivity index (χ0n) is 12.9. The first-order valence-corrected chi connectivity index (χ1v) is 9.70. The molecule has 2 heterocycles. The first-order chi connectivity index (χ1) is 11.7. The Morgan fingerprint density at radius 3 is 3.00 bits per heavy atom. The van der Waals surface area contributed by atoms with Crippen molar-refractivity contribution < 1.29 is 9.53 Å². The zero-order valence-corrected chi connectivity index (χ0v) is 15.3. The molecule has 0 unspecified atom stereocenters. The number of thiophene rings is 1. The third kappa shape index (κ3) is 4.17. The van der Waals surface area contributed by atoms with Crippen molar-refractivity contribution >= 4 is 57.6 Å². The van der Waals surface area contributed by atoms with Gasteiger partial charge in [0.05, 0.1) is 5.52 Å². The molecule has 6 heteroatoms. The number of nitrogens with zero attached hydrogens (tertiary/aromatic N) is 1. The lowest BCUT2D eigenvalue weighted by molar-refractivity contribution is -0.138. The third-order valence-electron chi connectivity index (χ3n) is 3.38. The molecule has 0 fully saturated rings. The van der Waals surface area contributed by atoms with Crippen LogP contribution in [0.15, 0.2) is 52.1 Å². The Kier molecular flexibility index (Phi) is 5.56. The van der Waals surface area contributed by atoms with Gasteiger partial charge in [-0.05, 0) is 52.9 Å². The normalized spacial score (nSPS) is 11.2. The molecule has 122 valence electrons. The molecule has 3 aromatic rings. The molecule has 2 aromatic heterocycles. The monoisotopic (exact) mass is 375 g/mol. The summed E-state index contributed by atoms with van der Waals surface area (Å²) >= 11 is 9.44. The van der Waals surface area contributed by atoms with Gasteiger partial charge in [0.2, 0.25) is 0 Å². The minimum atomic E-state index is -0.407. The number of hydrogen-bond donors (Lipinski definition) is 0. The maximum atomic E-state index is 11.8. The second-order valence-electron chi connectivity index (χ2n) is 4.99. The number of rotatable bonds is 5. The van der Waals surface area contributed by atoms with Crippen LogP contribution in [0.2, 0.25) is 5.15 Å². The molecule has 0 aliphatic heterocycles. The summed E-state index contributed by atoms with van der Waals surface area (Å²) in [5, 5.41) is 5.23. The van der Waals surface area contributed by atoms with Crippen molar-refractivity contribution in [2.24, 2.45) is 0 Å². The molecule has 0 saturated carbocycles. The molecule has 0 spiro atoms. The Labute approximate surface area is 153 Å². The molecular formula is C18H14ClNO2S2. The van der Waals surface area contributed by atoms with E-state index in [1.165, 1.54) is 6.08 Å². The number of pyridine rings is 1. The number of carbonyl (C=O) groups excluding carboxylic acids is 1. The SMILES string of the molecule is CSc1ccc2cc(COC(=O)/C=C/c3ccsc3)c(Cl)nc2c1. The Bertz CT molecular complexity index is 891. The predicted molar refractivity (Wildman–Crippen MR) is 102 cm³/mol. The highest BCUT2D eigenvalue weighted by Gasteiger charge is 2.08. The van der Waals surface area contributed by atoms with Crippen LogP contribution < -0.4 is 0 Å². The van der Waals surface area contributed by atoms with Gasteiger partial charge in [-0.1, -0.05) is 17.7 Å². The van der Waals surface area contributed by atoms with Crippen molar-refractivity contribution in [3.63, 3.8) is 0 Å². The summed E-state index contributed by atoms with van der Waals surface area (Å²) in [5.74, 6) is -0.407. The molecule has 0 atom stereocenters. The zero-order chi connectivity index (χ0) is 16.9. The van der Waals surface area contributed by atoms with E-state index in [1.54, 1.807) is 29.2 Å². The standard InChI is InChI=1S/C18H14ClNO2S2/c1-23-15-4-3-13-8-14(18(19)20-16(13)9-15)10-22-17(21)5-2-12-6-7-24-11-12/h2-9,11H,10H2,1H3/b5-2+. The molecule has 3 nitrogen and oxygen atoms in total. The van der Waals surface area contributed by atoms with Crippen molar-refractivity contribution in [1.82, 2.24) is 4.98 Å². The summed E-state index contributed by atoms with van der Waals surface area (Å²) in [6, 6.07) is 9.85. The molecule has 24 heavy (non-hydrogen) atoms. The molecule has 0 N–H and O–H groups in total. The maximum Gasteiger partial charge on any atom is 0.331 e. The summed E-state index contributed by atoms with van der Waals surface area (Å²) in [6.45, 7) is 0.0961. The van der Waals surface area contributed by atoms with Gasteiger partial charge in [-0.2, -0.15) is 11.3 Å². The molecule has 0 amide bonds. The van der Waals surface area contributed by atoms with Crippen LogP contribution in [0.4, 0.5) is 0 Å². The van der Waals surface area contributed by atoms with E-state index in [-0.39, 0.29) is 6.61 Å². The Hall–Kier alpha value is -1.82. The topological polar surface area (TPSA) is 39.2 Å². The van der Waals surface area contributed by atoms with Crippen molar-refractivity contribution in [2.45, 2.75) is 11.5 Å². The fourth-order valence-corrected chi connectivity index (χ4v) is 3.39. The minimum absolute atomic E-state index is 0.0961. The summed E-state index contributed by atoms with van der Waals surface area (Å²) in [4.78, 5) is 17.3. The van der Waals surface area contributed by atoms with Crippen LogP contribution in [0.25, 0.3) is 17.0 Å². The number of benzene rings is 1. The Balaban J connectivity index is 1.70. The molecule has 0 aliphatic rings. The fraction of sp³-hybridized carbons (Fsp3) is 0.111. The van der Waals surface area contributed by atoms with Crippen LogP contribution in [0, 0.1) is 0 Å². The van der Waals surface area contributed by atoms with Gasteiger partial charge >= 0.3 is 5.97 Å². The van der Waals surface area contributed by atoms with Gasteiger partial charge < -0.3 is 4.74 Å². The summed E-state index contributed by atoms with van der Waals surface area (Å²) in [5.41, 5.74) is 2.50. The molecule has 0 bridgehead atoms. The van der Waals surface area contributed by atoms with E-state index in [2.05, 4.69) is 4.98 Å². The number of carbonyl (C=O) groups is 1. The summed E-state index contributed by atoms with van der Waals surface area (Å²) in [6.07, 6.45) is 5.15. The van der Waals surface area contributed by atoms with E-state index in [1.807, 2.05) is 47.3 Å². The molecule has 3 rings (SSSR count). The lowest BCUT2D eigenvalue weighted by Gasteiger charge is -2.07. The first kappa shape index (κ1) is 17.0. The number of aromatic nitrogens is 1. The van der Waals surface area contributed by atoms with Crippen LogP contribution in [0.3, 0.4) is 0 Å². The van der Waals surface area contributed by atoms with E-state index in [0.29, 0.717) is 10.7 Å². The van der Waals surface area contributed by atoms with E-state index >= 15 is 0 Å². The van der Waals surface area contributed by atoms with Crippen molar-refractivity contribution in [3.8, 4) is 0 Å². The molecule has 0 saturated heterocycles. The number of esters is 1. The minimum Gasteiger partial charge on any atom is -0.458 e. The number of fused-ring (bicyclic) bond motifs is 1. The second-order valence-corrected chi connectivity index (χ2v) is 7.01. The second kappa shape index (κ2) is 7.83. The van der Waals surface area contributed by atoms with Gasteiger partial charge in [0.15, 0.2) is 0 Å². The van der Waals surface area contributed by atoms with Crippen LogP contribution in [-0.2, 0) is 16.1 Å². The molecule has 1 aromatic carbocycles. The maximum absolute atomic E-state index is 11.8. The average molecular weight is 376 g/mol. The quantitative estimate of drug-likeness (QED) is 0.258. The van der Waals surface area contributed by atoms with E-state index < -0.39 is 5.97 Å². The van der Waals surface area contributed by atoms with Gasteiger partial charge in [0.1, 0.15) is 11.8 Å². The van der Waals surface area contributed by atoms with Gasteiger partial charge in [-0.25, -0.2) is 9.78 Å². The van der Waals surface area contributed by atoms with Crippen molar-refractivity contribution in [2.75, 3.05) is 6.26 Å². The number of thioether (sulfide) groups is 1. The van der Waals surface area contributed by atoms with Crippen LogP contribution in [0.5, 0.6) is 0 Å². The average Bonchev–Trinajstić information content (AvgIpc) is 3.11. The number of halogens is 1. The van der Waals surface area contributed by atoms with E-state index in [0.717, 1.165) is 21.4 Å². The summed E-state index contributed by atoms with van der Waals surface area (Å²) < 4.78 is 5.25. The Morgan fingerprint density at radius 1 is 1.38 bits per heavy atom. The predicted octanol–water partition coefficient (Wildman–Crippen LogP) is 5.43. The van der Waals surface area contributed by atoms with Gasteiger partial charge in [-0.15, -0.1) is 11.8 Å². The van der Waals surface area contributed by atoms with Crippen molar-refractivity contribution in [3.05, 3.63) is 63.4 Å². The van der Waals surface area contributed by atoms with Crippen LogP contribution >= 0.6 is 34.7 Å². The van der Waals surface area contributed by atoms with Gasteiger partial charge in [0.25, 0.3) is 0 Å². The van der Waals surface area contributed by atoms with Gasteiger partial charge in [0, 0.05) is 21.9 Å². The highest BCUT2D eigenvalue weighted by Crippen LogP contribution is 2.25. The van der Waals surface area contributed by atoms with Gasteiger partial charge in [-0.3, -0.25) is 0 Å². The number of ether oxygens (including phenoxy) is 1. The lowest BCUT2D eigenvalue weighted by Crippen LogP contribution is -2.02. The van der Waals surface area contributed by atoms with Crippen LogP contribution in [0.1, 0.15) is 11.1 Å². The highest BCUT2D eigenvalue weighted by atomic mass is 35.5. The van der Waals surface area contributed by atoms with Crippen molar-refractivity contribution in [1.29, 1.82) is 0 Å². The third-order valence-corrected chi connectivity index (χ3v) is 5.13.